The topological polar surface area (TPSA) is 35.5 Å². The van der Waals surface area contributed by atoms with Crippen molar-refractivity contribution in [1.29, 1.82) is 0 Å². The Morgan fingerprint density at radius 1 is 0.638 bits per heavy atom. The van der Waals surface area contributed by atoms with E-state index in [1.165, 1.54) is 0 Å². The highest BCUT2D eigenvalue weighted by Gasteiger charge is 2.62. The van der Waals surface area contributed by atoms with E-state index < -0.39 is 11.5 Å². The normalized spacial score (nSPS) is 19.5. The van der Waals surface area contributed by atoms with Gasteiger partial charge < -0.3 is 9.47 Å². The lowest BCUT2D eigenvalue weighted by Crippen LogP contribution is -2.32. The maximum absolute atomic E-state index is 15.3. The van der Waals surface area contributed by atoms with E-state index >= 15 is 4.79 Å². The van der Waals surface area contributed by atoms with Gasteiger partial charge in [0.1, 0.15) is 18.5 Å². The van der Waals surface area contributed by atoms with Crippen LogP contribution in [0, 0.1) is 5.41 Å². The van der Waals surface area contributed by atoms with Crippen LogP contribution in [-0.4, -0.2) is 5.78 Å². The molecular formula is C44H34O3. The van der Waals surface area contributed by atoms with Crippen molar-refractivity contribution >= 4 is 16.9 Å². The molecule has 0 radical (unpaired) electrons. The zero-order valence-electron chi connectivity index (χ0n) is 26.0. The van der Waals surface area contributed by atoms with Crippen molar-refractivity contribution in [2.24, 2.45) is 5.41 Å². The average Bonchev–Trinajstić information content (AvgIpc) is 3.66. The standard InChI is InChI=1S/C44H34O3/c45-42(35-24-14-5-15-25-35)44-29-39(32-18-8-2-9-19-32)47-43(44)37-27-26-36(46-30-31-16-6-1-7-17-31)28-38(37)41(44)40(33-20-10-3-11-21-33)34-22-12-4-13-23-34/h1-28,39,43H,29-30H2/t39-,43+,44-/m1/s1. The highest BCUT2D eigenvalue weighted by molar-refractivity contribution is 6.17. The van der Waals surface area contributed by atoms with E-state index in [0.29, 0.717) is 18.6 Å². The number of hydrogen-bond acceptors (Lipinski definition) is 3. The van der Waals surface area contributed by atoms with Crippen molar-refractivity contribution in [3.8, 4) is 5.75 Å². The fourth-order valence-corrected chi connectivity index (χ4v) is 7.41. The van der Waals surface area contributed by atoms with Crippen LogP contribution in [0.2, 0.25) is 0 Å². The molecule has 0 saturated carbocycles. The van der Waals surface area contributed by atoms with Gasteiger partial charge in [0.2, 0.25) is 0 Å². The summed E-state index contributed by atoms with van der Waals surface area (Å²) in [6.45, 7) is 0.451. The van der Waals surface area contributed by atoms with E-state index in [-0.39, 0.29) is 11.9 Å². The summed E-state index contributed by atoms with van der Waals surface area (Å²) >= 11 is 0. The highest BCUT2D eigenvalue weighted by atomic mass is 16.5. The summed E-state index contributed by atoms with van der Waals surface area (Å²) in [5.41, 5.74) is 8.03. The number of Topliss-reactive ketones (excluding diaryl/α,β-unsaturated/α-hetero) is 1. The summed E-state index contributed by atoms with van der Waals surface area (Å²) in [6.07, 6.45) is -0.210. The Morgan fingerprint density at radius 3 is 1.77 bits per heavy atom. The number of ketones is 1. The van der Waals surface area contributed by atoms with Crippen LogP contribution >= 0.6 is 0 Å². The molecule has 0 bridgehead atoms. The van der Waals surface area contributed by atoms with Crippen molar-refractivity contribution < 1.29 is 14.3 Å². The minimum Gasteiger partial charge on any atom is -0.489 e. The van der Waals surface area contributed by atoms with Crippen molar-refractivity contribution in [3.05, 3.63) is 209 Å². The molecule has 0 unspecified atom stereocenters. The predicted octanol–water partition coefficient (Wildman–Crippen LogP) is 10.3. The Hall–Kier alpha value is -5.51. The second-order valence-corrected chi connectivity index (χ2v) is 12.3. The molecule has 2 aliphatic rings. The van der Waals surface area contributed by atoms with E-state index in [9.17, 15) is 0 Å². The van der Waals surface area contributed by atoms with Crippen LogP contribution in [0.1, 0.15) is 62.4 Å². The SMILES string of the molecule is O=C(c1ccccc1)[C@]12C[C@H](c3ccccc3)O[C@H]1c1ccc(OCc3ccccc3)cc1C2=C(c1ccccc1)c1ccccc1. The molecule has 8 rings (SSSR count). The van der Waals surface area contributed by atoms with Crippen LogP contribution in [-0.2, 0) is 11.3 Å². The summed E-state index contributed by atoms with van der Waals surface area (Å²) in [4.78, 5) is 15.3. The first-order chi connectivity index (χ1) is 23.2. The number of benzene rings is 6. The van der Waals surface area contributed by atoms with E-state index in [0.717, 1.165) is 50.3 Å². The third kappa shape index (κ3) is 5.19. The monoisotopic (exact) mass is 610 g/mol. The lowest BCUT2D eigenvalue weighted by molar-refractivity contribution is 0.0261. The molecule has 1 aliphatic heterocycles. The van der Waals surface area contributed by atoms with Crippen LogP contribution in [0.3, 0.4) is 0 Å². The number of carbonyl (C=O) groups excluding carboxylic acids is 1. The Morgan fingerprint density at radius 2 is 1.17 bits per heavy atom. The molecule has 0 aromatic heterocycles. The molecule has 6 aromatic rings. The zero-order chi connectivity index (χ0) is 31.6. The van der Waals surface area contributed by atoms with Gasteiger partial charge in [-0.25, -0.2) is 0 Å². The summed E-state index contributed by atoms with van der Waals surface area (Å²) < 4.78 is 13.5. The predicted molar refractivity (Wildman–Crippen MR) is 187 cm³/mol. The molecule has 3 atom stereocenters. The fourth-order valence-electron chi connectivity index (χ4n) is 7.41. The van der Waals surface area contributed by atoms with Crippen LogP contribution in [0.25, 0.3) is 11.1 Å². The van der Waals surface area contributed by atoms with Crippen LogP contribution < -0.4 is 4.74 Å². The maximum Gasteiger partial charge on any atom is 0.176 e. The molecule has 1 aliphatic carbocycles. The summed E-state index contributed by atoms with van der Waals surface area (Å²) in [7, 11) is 0. The Labute approximate surface area is 275 Å². The zero-order valence-corrected chi connectivity index (χ0v) is 26.0. The summed E-state index contributed by atoms with van der Waals surface area (Å²) in [5.74, 6) is 0.830. The number of hydrogen-bond donors (Lipinski definition) is 0. The van der Waals surface area contributed by atoms with E-state index in [1.807, 2.05) is 84.9 Å². The van der Waals surface area contributed by atoms with Gasteiger partial charge in [-0.05, 0) is 63.1 Å². The third-order valence-corrected chi connectivity index (χ3v) is 9.51. The largest absolute Gasteiger partial charge is 0.489 e. The Bertz CT molecular complexity index is 2000. The van der Waals surface area contributed by atoms with Gasteiger partial charge in [-0.1, -0.05) is 158 Å². The quantitative estimate of drug-likeness (QED) is 0.161. The Balaban J connectivity index is 1.40. The van der Waals surface area contributed by atoms with Gasteiger partial charge in [-0.3, -0.25) is 4.79 Å². The first-order valence-electron chi connectivity index (χ1n) is 16.2. The number of rotatable bonds is 8. The molecule has 228 valence electrons. The van der Waals surface area contributed by atoms with Gasteiger partial charge in [-0.2, -0.15) is 0 Å². The molecule has 1 fully saturated rings. The summed E-state index contributed by atoms with van der Waals surface area (Å²) in [6, 6.07) is 57.4. The van der Waals surface area contributed by atoms with E-state index in [1.54, 1.807) is 0 Å². The van der Waals surface area contributed by atoms with E-state index in [4.69, 9.17) is 9.47 Å². The average molecular weight is 611 g/mol. The molecule has 3 nitrogen and oxygen atoms in total. The third-order valence-electron chi connectivity index (χ3n) is 9.51. The van der Waals surface area contributed by atoms with Gasteiger partial charge in [-0.15, -0.1) is 0 Å². The number of ether oxygens (including phenoxy) is 2. The fraction of sp³-hybridized carbons (Fsp3) is 0.114. The molecule has 0 N–H and O–H groups in total. The molecule has 1 heterocycles. The van der Waals surface area contributed by atoms with Gasteiger partial charge in [0, 0.05) is 5.56 Å². The molecule has 0 spiro atoms. The van der Waals surface area contributed by atoms with Gasteiger partial charge in [0.25, 0.3) is 0 Å². The molecule has 3 heteroatoms. The smallest absolute Gasteiger partial charge is 0.176 e. The van der Waals surface area contributed by atoms with Crippen molar-refractivity contribution in [1.82, 2.24) is 0 Å². The Kier molecular flexibility index (Phi) is 7.60. The van der Waals surface area contributed by atoms with Gasteiger partial charge >= 0.3 is 0 Å². The van der Waals surface area contributed by atoms with Crippen molar-refractivity contribution in [3.63, 3.8) is 0 Å². The minimum absolute atomic E-state index is 0.0730. The van der Waals surface area contributed by atoms with E-state index in [2.05, 4.69) is 84.9 Å². The summed E-state index contributed by atoms with van der Waals surface area (Å²) in [5, 5.41) is 0. The van der Waals surface area contributed by atoms with Crippen LogP contribution in [0.4, 0.5) is 0 Å². The van der Waals surface area contributed by atoms with Crippen molar-refractivity contribution in [2.45, 2.75) is 25.2 Å². The lowest BCUT2D eigenvalue weighted by Gasteiger charge is -2.31. The first-order valence-corrected chi connectivity index (χ1v) is 16.2. The van der Waals surface area contributed by atoms with Crippen LogP contribution in [0.15, 0.2) is 170 Å². The molecular weight excluding hydrogens is 576 g/mol. The van der Waals surface area contributed by atoms with Gasteiger partial charge in [0.15, 0.2) is 5.78 Å². The number of carbonyl (C=O) groups is 1. The highest BCUT2D eigenvalue weighted by Crippen LogP contribution is 2.68. The molecule has 1 saturated heterocycles. The van der Waals surface area contributed by atoms with Gasteiger partial charge in [0.05, 0.1) is 11.5 Å². The first kappa shape index (κ1) is 28.9. The molecule has 0 amide bonds. The number of fused-ring (bicyclic) bond motifs is 3. The molecule has 6 aromatic carbocycles. The molecule has 47 heavy (non-hydrogen) atoms. The van der Waals surface area contributed by atoms with Crippen LogP contribution in [0.5, 0.6) is 5.75 Å². The van der Waals surface area contributed by atoms with Crippen molar-refractivity contribution in [2.75, 3.05) is 0 Å². The second kappa shape index (κ2) is 12.4. The lowest BCUT2D eigenvalue weighted by atomic mass is 9.68. The minimum atomic E-state index is -0.983. The maximum atomic E-state index is 15.3. The second-order valence-electron chi connectivity index (χ2n) is 12.3.